The molecule has 0 radical (unpaired) electrons. The number of carbonyl (C=O) groups is 4. The first kappa shape index (κ1) is 27.4. The van der Waals surface area contributed by atoms with Gasteiger partial charge in [0, 0.05) is 25.4 Å². The van der Waals surface area contributed by atoms with Crippen molar-refractivity contribution in [3.05, 3.63) is 35.9 Å². The Kier molecular flexibility index (Phi) is 10.1. The van der Waals surface area contributed by atoms with Crippen molar-refractivity contribution in [1.29, 1.82) is 0 Å². The molecule has 0 aliphatic carbocycles. The number of alkyl carbamates (subject to hydrolysis) is 1. The van der Waals surface area contributed by atoms with Gasteiger partial charge in [-0.15, -0.1) is 0 Å². The monoisotopic (exact) mass is 502 g/mol. The molecule has 1 aromatic carbocycles. The average Bonchev–Trinajstić information content (AvgIpc) is 3.41. The lowest BCUT2D eigenvalue weighted by atomic mass is 9.97. The smallest absolute Gasteiger partial charge is 0.407 e. The molecule has 2 heterocycles. The molecule has 2 aliphatic heterocycles. The molecule has 198 valence electrons. The second kappa shape index (κ2) is 13.2. The molecule has 0 aromatic heterocycles. The van der Waals surface area contributed by atoms with Crippen LogP contribution in [0.3, 0.4) is 0 Å². The highest BCUT2D eigenvalue weighted by molar-refractivity contribution is 5.86. The second-order valence-corrected chi connectivity index (χ2v) is 10.0. The Bertz CT molecular complexity index is 909. The van der Waals surface area contributed by atoms with Gasteiger partial charge in [-0.3, -0.25) is 14.4 Å². The molecular formula is C26H38N4O6. The third kappa shape index (κ3) is 7.94. The molecule has 4 atom stereocenters. The quantitative estimate of drug-likeness (QED) is 0.340. The summed E-state index contributed by atoms with van der Waals surface area (Å²) in [6.07, 6.45) is 1.65. The Morgan fingerprint density at radius 1 is 1.17 bits per heavy atom. The van der Waals surface area contributed by atoms with Crippen molar-refractivity contribution in [3.63, 3.8) is 0 Å². The first-order valence-corrected chi connectivity index (χ1v) is 12.7. The largest absolute Gasteiger partial charge is 0.447 e. The molecule has 4 N–H and O–H groups in total. The van der Waals surface area contributed by atoms with Gasteiger partial charge in [-0.1, -0.05) is 44.2 Å². The van der Waals surface area contributed by atoms with E-state index in [1.54, 1.807) is 4.90 Å². The molecule has 0 bridgehead atoms. The van der Waals surface area contributed by atoms with Crippen LogP contribution in [0.4, 0.5) is 4.79 Å². The molecule has 1 aromatic rings. The third-order valence-electron chi connectivity index (χ3n) is 6.67. The van der Waals surface area contributed by atoms with Crippen LogP contribution >= 0.6 is 0 Å². The third-order valence-corrected chi connectivity index (χ3v) is 6.67. The summed E-state index contributed by atoms with van der Waals surface area (Å²) in [7, 11) is 0. The fourth-order valence-corrected chi connectivity index (χ4v) is 4.72. The lowest BCUT2D eigenvalue weighted by molar-refractivity contribution is -0.130. The van der Waals surface area contributed by atoms with Crippen LogP contribution in [-0.2, 0) is 25.7 Å². The van der Waals surface area contributed by atoms with E-state index >= 15 is 0 Å². The maximum absolute atomic E-state index is 13.0. The summed E-state index contributed by atoms with van der Waals surface area (Å²) in [5.74, 6) is -0.620. The summed E-state index contributed by atoms with van der Waals surface area (Å²) in [5, 5.41) is 17.9. The molecule has 2 saturated heterocycles. The first-order valence-electron chi connectivity index (χ1n) is 12.7. The molecule has 10 heteroatoms. The summed E-state index contributed by atoms with van der Waals surface area (Å²) in [6, 6.07) is 7.98. The molecular weight excluding hydrogens is 464 g/mol. The Balaban J connectivity index is 1.52. The van der Waals surface area contributed by atoms with E-state index in [1.807, 2.05) is 44.2 Å². The van der Waals surface area contributed by atoms with Gasteiger partial charge in [0.05, 0.1) is 18.7 Å². The van der Waals surface area contributed by atoms with Gasteiger partial charge in [-0.05, 0) is 37.2 Å². The van der Waals surface area contributed by atoms with E-state index in [4.69, 9.17) is 4.74 Å². The Morgan fingerprint density at radius 2 is 1.92 bits per heavy atom. The van der Waals surface area contributed by atoms with Crippen LogP contribution in [0.25, 0.3) is 0 Å². The van der Waals surface area contributed by atoms with Crippen molar-refractivity contribution in [2.45, 2.75) is 70.6 Å². The van der Waals surface area contributed by atoms with E-state index in [9.17, 15) is 24.3 Å². The zero-order chi connectivity index (χ0) is 26.1. The molecule has 4 amide bonds. The standard InChI is InChI=1S/C26H38N4O6/c1-17(2)12-22(25(34)28-20(15-31)13-19-10-11-27-24(19)33)29-26(35)36-16-21-8-9-23(32)30(21)14-18-6-4-3-5-7-18/h3-7,17,19-22,31H,8-16H2,1-2H3,(H,27,33)(H,28,34)(H,29,35)/t19-,20-,21-,22-/m0/s1. The summed E-state index contributed by atoms with van der Waals surface area (Å²) in [6.45, 7) is 4.65. The Morgan fingerprint density at radius 3 is 2.56 bits per heavy atom. The van der Waals surface area contributed by atoms with Crippen molar-refractivity contribution in [2.24, 2.45) is 11.8 Å². The SMILES string of the molecule is CC(C)C[C@H](NC(=O)OC[C@@H]1CCC(=O)N1Cc1ccccc1)C(=O)N[C@H](CO)C[C@@H]1CCNC1=O. The lowest BCUT2D eigenvalue weighted by Gasteiger charge is -2.26. The highest BCUT2D eigenvalue weighted by Gasteiger charge is 2.33. The minimum absolute atomic E-state index is 0.0240. The van der Waals surface area contributed by atoms with Crippen molar-refractivity contribution < 1.29 is 29.0 Å². The van der Waals surface area contributed by atoms with E-state index < -0.39 is 24.1 Å². The van der Waals surface area contributed by atoms with Gasteiger partial charge < -0.3 is 30.7 Å². The minimum atomic E-state index is -0.852. The fourth-order valence-electron chi connectivity index (χ4n) is 4.72. The van der Waals surface area contributed by atoms with E-state index in [0.29, 0.717) is 45.2 Å². The number of aliphatic hydroxyl groups is 1. The van der Waals surface area contributed by atoms with Crippen molar-refractivity contribution in [3.8, 4) is 0 Å². The molecule has 0 saturated carbocycles. The minimum Gasteiger partial charge on any atom is -0.447 e. The zero-order valence-corrected chi connectivity index (χ0v) is 21.1. The topological polar surface area (TPSA) is 137 Å². The molecule has 10 nitrogen and oxygen atoms in total. The van der Waals surface area contributed by atoms with Gasteiger partial charge >= 0.3 is 6.09 Å². The van der Waals surface area contributed by atoms with Crippen molar-refractivity contribution in [1.82, 2.24) is 20.9 Å². The van der Waals surface area contributed by atoms with Crippen molar-refractivity contribution in [2.75, 3.05) is 19.8 Å². The summed E-state index contributed by atoms with van der Waals surface area (Å²) < 4.78 is 5.43. The predicted octanol–water partition coefficient (Wildman–Crippen LogP) is 1.32. The van der Waals surface area contributed by atoms with E-state index in [0.717, 1.165) is 5.56 Å². The van der Waals surface area contributed by atoms with E-state index in [-0.39, 0.29) is 42.9 Å². The number of amides is 4. The van der Waals surface area contributed by atoms with Crippen LogP contribution in [0.15, 0.2) is 30.3 Å². The van der Waals surface area contributed by atoms with Gasteiger partial charge in [-0.25, -0.2) is 4.79 Å². The highest BCUT2D eigenvalue weighted by atomic mass is 16.5. The number of likely N-dealkylation sites (tertiary alicyclic amines) is 1. The van der Waals surface area contributed by atoms with Gasteiger partial charge in [0.1, 0.15) is 12.6 Å². The number of nitrogens with zero attached hydrogens (tertiary/aromatic N) is 1. The fraction of sp³-hybridized carbons (Fsp3) is 0.615. The van der Waals surface area contributed by atoms with Crippen molar-refractivity contribution >= 4 is 23.8 Å². The van der Waals surface area contributed by atoms with Crippen LogP contribution in [0.5, 0.6) is 0 Å². The number of nitrogens with one attached hydrogen (secondary N) is 3. The number of benzene rings is 1. The predicted molar refractivity (Wildman–Crippen MR) is 132 cm³/mol. The Labute approximate surface area is 212 Å². The van der Waals surface area contributed by atoms with Crippen LogP contribution in [0.1, 0.15) is 51.5 Å². The van der Waals surface area contributed by atoms with E-state index in [2.05, 4.69) is 16.0 Å². The molecule has 0 unspecified atom stereocenters. The van der Waals surface area contributed by atoms with E-state index in [1.165, 1.54) is 0 Å². The number of rotatable bonds is 12. The Hall–Kier alpha value is -3.14. The maximum atomic E-state index is 13.0. The van der Waals surface area contributed by atoms with Crippen LogP contribution in [-0.4, -0.2) is 71.7 Å². The van der Waals surface area contributed by atoms with Crippen LogP contribution < -0.4 is 16.0 Å². The zero-order valence-electron chi connectivity index (χ0n) is 21.1. The van der Waals surface area contributed by atoms with Gasteiger partial charge in [0.15, 0.2) is 0 Å². The van der Waals surface area contributed by atoms with Crippen LogP contribution in [0.2, 0.25) is 0 Å². The van der Waals surface area contributed by atoms with Gasteiger partial charge in [-0.2, -0.15) is 0 Å². The normalized spacial score (nSPS) is 21.3. The first-order chi connectivity index (χ1) is 17.3. The molecule has 2 fully saturated rings. The maximum Gasteiger partial charge on any atom is 0.407 e. The lowest BCUT2D eigenvalue weighted by Crippen LogP contribution is -2.52. The number of ether oxygens (including phenoxy) is 1. The number of carbonyl (C=O) groups excluding carboxylic acids is 4. The molecule has 0 spiro atoms. The average molecular weight is 503 g/mol. The number of aliphatic hydroxyl groups excluding tert-OH is 1. The summed E-state index contributed by atoms with van der Waals surface area (Å²) >= 11 is 0. The summed E-state index contributed by atoms with van der Waals surface area (Å²) in [4.78, 5) is 51.5. The second-order valence-electron chi connectivity index (χ2n) is 10.0. The van der Waals surface area contributed by atoms with Gasteiger partial charge in [0.25, 0.3) is 0 Å². The summed E-state index contributed by atoms with van der Waals surface area (Å²) in [5.41, 5.74) is 1.00. The molecule has 3 rings (SSSR count). The highest BCUT2D eigenvalue weighted by Crippen LogP contribution is 2.22. The van der Waals surface area contributed by atoms with Gasteiger partial charge in [0.2, 0.25) is 17.7 Å². The number of hydrogen-bond acceptors (Lipinski definition) is 6. The van der Waals surface area contributed by atoms with Crippen LogP contribution in [0, 0.1) is 11.8 Å². The molecule has 36 heavy (non-hydrogen) atoms. The number of hydrogen-bond donors (Lipinski definition) is 4. The molecule has 2 aliphatic rings.